The molecule has 1 aromatic rings. The Morgan fingerprint density at radius 2 is 1.58 bits per heavy atom. The predicted octanol–water partition coefficient (Wildman–Crippen LogP) is 2.81. The van der Waals surface area contributed by atoms with Crippen LogP contribution in [0.25, 0.3) is 0 Å². The fourth-order valence-corrected chi connectivity index (χ4v) is 7.38. The van der Waals surface area contributed by atoms with E-state index in [0.717, 1.165) is 44.9 Å². The van der Waals surface area contributed by atoms with Gasteiger partial charge in [-0.15, -0.1) is 0 Å². The lowest BCUT2D eigenvalue weighted by molar-refractivity contribution is 0.261. The average Bonchev–Trinajstić information content (AvgIpc) is 3.19. The van der Waals surface area contributed by atoms with E-state index >= 15 is 0 Å². The molecule has 26 heavy (non-hydrogen) atoms. The molecule has 0 N–H and O–H groups in total. The Morgan fingerprint density at radius 1 is 0.962 bits per heavy atom. The molecule has 0 radical (unpaired) electrons. The van der Waals surface area contributed by atoms with Crippen LogP contribution in [0.4, 0.5) is 0 Å². The van der Waals surface area contributed by atoms with Crippen molar-refractivity contribution in [2.45, 2.75) is 67.7 Å². The van der Waals surface area contributed by atoms with Gasteiger partial charge in [-0.2, -0.15) is 8.61 Å². The second-order valence-electron chi connectivity index (χ2n) is 7.09. The Balaban J connectivity index is 1.92. The summed E-state index contributed by atoms with van der Waals surface area (Å²) >= 11 is 0. The Bertz CT molecular complexity index is 825. The van der Waals surface area contributed by atoms with Gasteiger partial charge in [0.1, 0.15) is 0 Å². The molecule has 1 aromatic carbocycles. The summed E-state index contributed by atoms with van der Waals surface area (Å²) in [7, 11) is -7.34. The van der Waals surface area contributed by atoms with Crippen molar-refractivity contribution in [1.29, 1.82) is 0 Å². The maximum atomic E-state index is 13.2. The maximum Gasteiger partial charge on any atom is 0.243 e. The molecule has 146 valence electrons. The van der Waals surface area contributed by atoms with Gasteiger partial charge in [-0.25, -0.2) is 16.8 Å². The molecular formula is C18H28N2O4S2. The zero-order chi connectivity index (χ0) is 18.8. The van der Waals surface area contributed by atoms with Gasteiger partial charge < -0.3 is 0 Å². The minimum atomic E-state index is -3.71. The number of hydrogen-bond acceptors (Lipinski definition) is 4. The highest BCUT2D eigenvalue weighted by molar-refractivity contribution is 7.90. The molecule has 0 aromatic heterocycles. The Labute approximate surface area is 157 Å². The summed E-state index contributed by atoms with van der Waals surface area (Å²) in [6, 6.07) is 5.87. The molecule has 2 aliphatic rings. The lowest BCUT2D eigenvalue weighted by Gasteiger charge is -2.32. The first kappa shape index (κ1) is 19.8. The van der Waals surface area contributed by atoms with Gasteiger partial charge in [-0.3, -0.25) is 0 Å². The molecule has 0 unspecified atom stereocenters. The molecule has 1 saturated carbocycles. The monoisotopic (exact) mass is 400 g/mol. The molecule has 1 aliphatic carbocycles. The van der Waals surface area contributed by atoms with Crippen molar-refractivity contribution >= 4 is 20.0 Å². The summed E-state index contributed by atoms with van der Waals surface area (Å²) in [5.74, 6) is 0. The molecule has 6 nitrogen and oxygen atoms in total. The van der Waals surface area contributed by atoms with E-state index in [1.54, 1.807) is 4.31 Å². The summed E-state index contributed by atoms with van der Waals surface area (Å²) < 4.78 is 54.9. The molecule has 1 heterocycles. The van der Waals surface area contributed by atoms with Crippen LogP contribution < -0.4 is 0 Å². The molecule has 8 heteroatoms. The van der Waals surface area contributed by atoms with E-state index in [1.165, 1.54) is 28.6 Å². The molecule has 1 aliphatic heterocycles. The maximum absolute atomic E-state index is 13.2. The number of rotatable bonds is 6. The molecule has 0 bridgehead atoms. The Hall–Kier alpha value is -0.960. The van der Waals surface area contributed by atoms with Crippen molar-refractivity contribution in [1.82, 2.24) is 8.61 Å². The molecular weight excluding hydrogens is 372 g/mol. The van der Waals surface area contributed by atoms with Gasteiger partial charge in [0.2, 0.25) is 20.0 Å². The largest absolute Gasteiger partial charge is 0.243 e. The third kappa shape index (κ3) is 3.83. The second kappa shape index (κ2) is 7.96. The Kier molecular flexibility index (Phi) is 6.06. The molecule has 3 rings (SSSR count). The van der Waals surface area contributed by atoms with Crippen molar-refractivity contribution in [3.05, 3.63) is 24.3 Å². The van der Waals surface area contributed by atoms with E-state index in [9.17, 15) is 16.8 Å². The van der Waals surface area contributed by atoms with Crippen LogP contribution in [0.2, 0.25) is 0 Å². The highest BCUT2D eigenvalue weighted by Gasteiger charge is 2.33. The van der Waals surface area contributed by atoms with Crippen LogP contribution in [0.1, 0.15) is 51.9 Å². The number of benzene rings is 1. The lowest BCUT2D eigenvalue weighted by Crippen LogP contribution is -2.41. The van der Waals surface area contributed by atoms with Gasteiger partial charge >= 0.3 is 0 Å². The van der Waals surface area contributed by atoms with Crippen molar-refractivity contribution in [2.24, 2.45) is 0 Å². The zero-order valence-electron chi connectivity index (χ0n) is 15.3. The smallest absolute Gasteiger partial charge is 0.207 e. The highest BCUT2D eigenvalue weighted by atomic mass is 32.2. The number of nitrogens with zero attached hydrogens (tertiary/aromatic N) is 2. The molecule has 2 fully saturated rings. The van der Waals surface area contributed by atoms with Gasteiger partial charge in [-0.1, -0.05) is 32.3 Å². The summed E-state index contributed by atoms with van der Waals surface area (Å²) in [5.41, 5.74) is 0. The van der Waals surface area contributed by atoms with Crippen molar-refractivity contribution in [2.75, 3.05) is 19.6 Å². The zero-order valence-corrected chi connectivity index (χ0v) is 16.9. The summed E-state index contributed by atoms with van der Waals surface area (Å²) in [6.45, 7) is 3.25. The van der Waals surface area contributed by atoms with Gasteiger partial charge in [0, 0.05) is 25.7 Å². The first-order valence-corrected chi connectivity index (χ1v) is 12.4. The van der Waals surface area contributed by atoms with Crippen LogP contribution in [0.3, 0.4) is 0 Å². The minimum Gasteiger partial charge on any atom is -0.207 e. The van der Waals surface area contributed by atoms with Crippen LogP contribution in [-0.2, 0) is 20.0 Å². The first-order chi connectivity index (χ1) is 12.4. The quantitative estimate of drug-likeness (QED) is 0.736. The van der Waals surface area contributed by atoms with Gasteiger partial charge in [0.25, 0.3) is 0 Å². The summed E-state index contributed by atoms with van der Waals surface area (Å²) in [5, 5.41) is 0. The third-order valence-electron chi connectivity index (χ3n) is 5.41. The molecule has 1 saturated heterocycles. The first-order valence-electron chi connectivity index (χ1n) is 9.49. The topological polar surface area (TPSA) is 74.8 Å². The van der Waals surface area contributed by atoms with E-state index in [4.69, 9.17) is 0 Å². The lowest BCUT2D eigenvalue weighted by atomic mass is 9.95. The third-order valence-corrected chi connectivity index (χ3v) is 9.33. The van der Waals surface area contributed by atoms with E-state index in [-0.39, 0.29) is 15.8 Å². The van der Waals surface area contributed by atoms with Gasteiger partial charge in [0.15, 0.2) is 0 Å². The van der Waals surface area contributed by atoms with E-state index in [1.807, 2.05) is 6.92 Å². The molecule has 0 spiro atoms. The normalized spacial score (nSPS) is 20.7. The summed E-state index contributed by atoms with van der Waals surface area (Å²) in [6.07, 6.45) is 6.68. The van der Waals surface area contributed by atoms with Crippen molar-refractivity contribution in [3.8, 4) is 0 Å². The van der Waals surface area contributed by atoms with Gasteiger partial charge in [0.05, 0.1) is 9.79 Å². The van der Waals surface area contributed by atoms with E-state index in [0.29, 0.717) is 19.6 Å². The Morgan fingerprint density at radius 3 is 2.19 bits per heavy atom. The van der Waals surface area contributed by atoms with Gasteiger partial charge in [-0.05, 0) is 43.9 Å². The molecule has 0 atom stereocenters. The molecule has 0 amide bonds. The van der Waals surface area contributed by atoms with Crippen LogP contribution in [-0.4, -0.2) is 51.1 Å². The van der Waals surface area contributed by atoms with Crippen LogP contribution in [0.15, 0.2) is 34.1 Å². The SMILES string of the molecule is CCN(C1CCCCC1)S(=O)(=O)c1cccc(S(=O)(=O)N2CCCC2)c1. The standard InChI is InChI=1S/C18H28N2O4S2/c1-2-20(16-9-4-3-5-10-16)26(23,24)18-12-8-11-17(15-18)25(21,22)19-13-6-7-14-19/h8,11-12,15-16H,2-7,9-10,13-14H2,1H3. The average molecular weight is 401 g/mol. The highest BCUT2D eigenvalue weighted by Crippen LogP contribution is 2.29. The van der Waals surface area contributed by atoms with E-state index in [2.05, 4.69) is 0 Å². The van der Waals surface area contributed by atoms with Crippen molar-refractivity contribution in [3.63, 3.8) is 0 Å². The predicted molar refractivity (Wildman–Crippen MR) is 101 cm³/mol. The summed E-state index contributed by atoms with van der Waals surface area (Å²) in [4.78, 5) is 0.144. The van der Waals surface area contributed by atoms with Crippen LogP contribution in [0.5, 0.6) is 0 Å². The number of hydrogen-bond donors (Lipinski definition) is 0. The minimum absolute atomic E-state index is 0.0117. The number of sulfonamides is 2. The van der Waals surface area contributed by atoms with Crippen LogP contribution >= 0.6 is 0 Å². The fraction of sp³-hybridized carbons (Fsp3) is 0.667. The second-order valence-corrected chi connectivity index (χ2v) is 10.9. The van der Waals surface area contributed by atoms with Crippen molar-refractivity contribution < 1.29 is 16.8 Å². The fourth-order valence-electron chi connectivity index (χ4n) is 4.00. The van der Waals surface area contributed by atoms with Crippen LogP contribution in [0, 0.1) is 0 Å². The van der Waals surface area contributed by atoms with E-state index < -0.39 is 20.0 Å².